The molecule has 4 heteroatoms. The van der Waals surface area contributed by atoms with Crippen LogP contribution in [0.3, 0.4) is 0 Å². The molecule has 0 atom stereocenters. The van der Waals surface area contributed by atoms with E-state index in [2.05, 4.69) is 22.7 Å². The van der Waals surface area contributed by atoms with E-state index < -0.39 is 0 Å². The third kappa shape index (κ3) is 2.31. The molecule has 0 saturated heterocycles. The van der Waals surface area contributed by atoms with Crippen LogP contribution in [-0.2, 0) is 0 Å². The predicted molar refractivity (Wildman–Crippen MR) is 45.8 cm³/mol. The highest BCUT2D eigenvalue weighted by Crippen LogP contribution is 2.29. The molecule has 0 aromatic carbocycles. The minimum absolute atomic E-state index is 0.236. The molecule has 0 amide bonds. The molecule has 3 N–H and O–H groups in total. The first-order valence-electron chi connectivity index (χ1n) is 3.30. The van der Waals surface area contributed by atoms with Gasteiger partial charge in [-0.2, -0.15) is 5.10 Å². The van der Waals surface area contributed by atoms with Crippen molar-refractivity contribution in [2.75, 3.05) is 0 Å². The first-order chi connectivity index (χ1) is 4.70. The predicted octanol–water partition coefficient (Wildman–Crippen LogP) is 0.605. The van der Waals surface area contributed by atoms with Crippen LogP contribution in [0.4, 0.5) is 0 Å². The van der Waals surface area contributed by atoms with Gasteiger partial charge in [0, 0.05) is 5.71 Å². The maximum atomic E-state index is 5.17. The molecule has 0 heterocycles. The Labute approximate surface area is 65.7 Å². The van der Waals surface area contributed by atoms with Crippen LogP contribution in [-0.4, -0.2) is 10.8 Å². The molecule has 1 aliphatic rings. The summed E-state index contributed by atoms with van der Waals surface area (Å²) in [6.07, 6.45) is 2.52. The number of nitrogens with two attached hydrogens (primary N) is 1. The van der Waals surface area contributed by atoms with Crippen LogP contribution >= 0.6 is 12.2 Å². The van der Waals surface area contributed by atoms with Gasteiger partial charge in [0.25, 0.3) is 0 Å². The van der Waals surface area contributed by atoms with Crippen molar-refractivity contribution in [1.82, 2.24) is 5.43 Å². The summed E-state index contributed by atoms with van der Waals surface area (Å²) < 4.78 is 0. The van der Waals surface area contributed by atoms with Crippen LogP contribution in [0.25, 0.3) is 0 Å². The molecular weight excluding hydrogens is 146 g/mol. The summed E-state index contributed by atoms with van der Waals surface area (Å²) in [6.45, 7) is 1.99. The monoisotopic (exact) mass is 157 g/mol. The number of hydrogen-bond acceptors (Lipinski definition) is 2. The highest BCUT2D eigenvalue weighted by Gasteiger charge is 2.24. The summed E-state index contributed by atoms with van der Waals surface area (Å²) in [5, 5.41) is 4.22. The van der Waals surface area contributed by atoms with E-state index in [1.165, 1.54) is 12.8 Å². The summed E-state index contributed by atoms with van der Waals surface area (Å²) in [4.78, 5) is 0. The largest absolute Gasteiger partial charge is 0.375 e. The Morgan fingerprint density at radius 1 is 1.70 bits per heavy atom. The lowest BCUT2D eigenvalue weighted by Crippen LogP contribution is -2.25. The summed E-state index contributed by atoms with van der Waals surface area (Å²) in [5.41, 5.74) is 8.84. The van der Waals surface area contributed by atoms with Crippen LogP contribution < -0.4 is 11.2 Å². The zero-order valence-electron chi connectivity index (χ0n) is 5.92. The second-order valence-electron chi connectivity index (χ2n) is 2.50. The maximum absolute atomic E-state index is 5.17. The van der Waals surface area contributed by atoms with Crippen molar-refractivity contribution in [3.8, 4) is 0 Å². The molecule has 1 fully saturated rings. The van der Waals surface area contributed by atoms with Gasteiger partial charge in [-0.1, -0.05) is 0 Å². The van der Waals surface area contributed by atoms with Crippen molar-refractivity contribution in [2.24, 2.45) is 16.8 Å². The van der Waals surface area contributed by atoms with Gasteiger partial charge in [-0.05, 0) is 37.9 Å². The van der Waals surface area contributed by atoms with Crippen molar-refractivity contribution in [3.05, 3.63) is 0 Å². The SMILES string of the molecule is C/C(=N/NC(N)=S)C1CC1. The normalized spacial score (nSPS) is 18.7. The van der Waals surface area contributed by atoms with Gasteiger partial charge in [-0.3, -0.25) is 5.43 Å². The lowest BCUT2D eigenvalue weighted by Gasteiger charge is -1.97. The lowest BCUT2D eigenvalue weighted by molar-refractivity contribution is 0.993. The van der Waals surface area contributed by atoms with Gasteiger partial charge >= 0.3 is 0 Å². The molecule has 0 aliphatic heterocycles. The standard InChI is InChI=1S/C6H11N3S/c1-4(5-2-3-5)8-9-6(7)10/h5H,2-3H2,1H3,(H3,7,9,10)/b8-4-. The fourth-order valence-corrected chi connectivity index (χ4v) is 0.781. The van der Waals surface area contributed by atoms with Gasteiger partial charge < -0.3 is 5.73 Å². The molecule has 1 aliphatic carbocycles. The van der Waals surface area contributed by atoms with E-state index in [1.807, 2.05) is 6.92 Å². The first-order valence-corrected chi connectivity index (χ1v) is 3.70. The fraction of sp³-hybridized carbons (Fsp3) is 0.667. The molecule has 3 nitrogen and oxygen atoms in total. The van der Waals surface area contributed by atoms with Crippen LogP contribution in [0.15, 0.2) is 5.10 Å². The van der Waals surface area contributed by atoms with Crippen molar-refractivity contribution in [3.63, 3.8) is 0 Å². The summed E-state index contributed by atoms with van der Waals surface area (Å²) in [7, 11) is 0. The van der Waals surface area contributed by atoms with Crippen LogP contribution in [0, 0.1) is 5.92 Å². The topological polar surface area (TPSA) is 50.4 Å². The average molecular weight is 157 g/mol. The molecule has 56 valence electrons. The Morgan fingerprint density at radius 2 is 2.30 bits per heavy atom. The average Bonchev–Trinajstić information content (AvgIpc) is 2.63. The first kappa shape index (κ1) is 7.47. The molecular formula is C6H11N3S. The fourth-order valence-electron chi connectivity index (χ4n) is 0.736. The Kier molecular flexibility index (Phi) is 2.21. The van der Waals surface area contributed by atoms with Crippen molar-refractivity contribution >= 4 is 23.0 Å². The highest BCUT2D eigenvalue weighted by atomic mass is 32.1. The molecule has 0 radical (unpaired) electrons. The molecule has 1 saturated carbocycles. The van der Waals surface area contributed by atoms with E-state index in [1.54, 1.807) is 0 Å². The van der Waals surface area contributed by atoms with Gasteiger partial charge in [-0.15, -0.1) is 0 Å². The zero-order chi connectivity index (χ0) is 7.56. The van der Waals surface area contributed by atoms with E-state index in [-0.39, 0.29) is 5.11 Å². The number of hydrazone groups is 1. The van der Waals surface area contributed by atoms with Crippen molar-refractivity contribution in [1.29, 1.82) is 0 Å². The van der Waals surface area contributed by atoms with Crippen molar-refractivity contribution in [2.45, 2.75) is 19.8 Å². The van der Waals surface area contributed by atoms with Gasteiger partial charge in [0.2, 0.25) is 0 Å². The number of hydrogen-bond donors (Lipinski definition) is 2. The van der Waals surface area contributed by atoms with E-state index in [0.29, 0.717) is 5.92 Å². The van der Waals surface area contributed by atoms with Crippen LogP contribution in [0.2, 0.25) is 0 Å². The molecule has 1 rings (SSSR count). The Hall–Kier alpha value is -0.640. The number of nitrogens with one attached hydrogen (secondary N) is 1. The minimum Gasteiger partial charge on any atom is -0.375 e. The number of nitrogens with zero attached hydrogens (tertiary/aromatic N) is 1. The quantitative estimate of drug-likeness (QED) is 0.351. The van der Waals surface area contributed by atoms with Crippen molar-refractivity contribution < 1.29 is 0 Å². The molecule has 0 bridgehead atoms. The molecule has 10 heavy (non-hydrogen) atoms. The Bertz CT molecular complexity index is 172. The van der Waals surface area contributed by atoms with Gasteiger partial charge in [0.05, 0.1) is 0 Å². The highest BCUT2D eigenvalue weighted by molar-refractivity contribution is 7.80. The summed E-state index contributed by atoms with van der Waals surface area (Å²) in [5.74, 6) is 0.682. The summed E-state index contributed by atoms with van der Waals surface area (Å²) in [6, 6.07) is 0. The minimum atomic E-state index is 0.236. The lowest BCUT2D eigenvalue weighted by atomic mass is 10.3. The van der Waals surface area contributed by atoms with Gasteiger partial charge in [0.1, 0.15) is 0 Å². The van der Waals surface area contributed by atoms with Crippen LogP contribution in [0.5, 0.6) is 0 Å². The Morgan fingerprint density at radius 3 is 2.70 bits per heavy atom. The number of rotatable bonds is 2. The van der Waals surface area contributed by atoms with E-state index >= 15 is 0 Å². The van der Waals surface area contributed by atoms with Gasteiger partial charge in [-0.25, -0.2) is 0 Å². The van der Waals surface area contributed by atoms with Gasteiger partial charge in [0.15, 0.2) is 5.11 Å². The molecule has 0 spiro atoms. The van der Waals surface area contributed by atoms with E-state index in [9.17, 15) is 0 Å². The van der Waals surface area contributed by atoms with E-state index in [0.717, 1.165) is 5.71 Å². The second kappa shape index (κ2) is 2.96. The molecule has 0 aromatic rings. The summed E-state index contributed by atoms with van der Waals surface area (Å²) >= 11 is 4.58. The number of thiocarbonyl (C=S) groups is 1. The second-order valence-corrected chi connectivity index (χ2v) is 2.94. The molecule has 0 unspecified atom stereocenters. The van der Waals surface area contributed by atoms with E-state index in [4.69, 9.17) is 5.73 Å². The molecule has 0 aromatic heterocycles. The third-order valence-electron chi connectivity index (χ3n) is 1.51. The Balaban J connectivity index is 2.30. The maximum Gasteiger partial charge on any atom is 0.184 e. The zero-order valence-corrected chi connectivity index (χ0v) is 6.74. The smallest absolute Gasteiger partial charge is 0.184 e. The van der Waals surface area contributed by atoms with Crippen LogP contribution in [0.1, 0.15) is 19.8 Å². The third-order valence-corrected chi connectivity index (χ3v) is 1.60.